The van der Waals surface area contributed by atoms with Gasteiger partial charge in [-0.05, 0) is 19.1 Å². The third kappa shape index (κ3) is 3.38. The van der Waals surface area contributed by atoms with Crippen molar-refractivity contribution in [3.05, 3.63) is 36.0 Å². The van der Waals surface area contributed by atoms with Crippen molar-refractivity contribution in [3.8, 4) is 0 Å². The van der Waals surface area contributed by atoms with Crippen LogP contribution in [0.1, 0.15) is 17.3 Å². The summed E-state index contributed by atoms with van der Waals surface area (Å²) in [6, 6.07) is 3.58. The van der Waals surface area contributed by atoms with Gasteiger partial charge in [0.05, 0.1) is 5.56 Å². The molecule has 4 nitrogen and oxygen atoms in total. The number of nitrogens with one attached hydrogen (secondary N) is 1. The first-order valence-corrected chi connectivity index (χ1v) is 5.06. The standard InChI is InChI=1S/C12H17N3O/c1-9(2)7-14-12(16)10-5-6-11(13-8-10)15(3)4/h5-6,8H,1,7H2,2-4H3,(H,14,16). The molecule has 0 unspecified atom stereocenters. The van der Waals surface area contributed by atoms with Gasteiger partial charge in [-0.25, -0.2) is 4.98 Å². The molecule has 1 amide bonds. The van der Waals surface area contributed by atoms with E-state index in [-0.39, 0.29) is 5.91 Å². The number of anilines is 1. The van der Waals surface area contributed by atoms with Crippen LogP contribution in [0.4, 0.5) is 5.82 Å². The third-order valence-corrected chi connectivity index (χ3v) is 2.02. The van der Waals surface area contributed by atoms with E-state index in [4.69, 9.17) is 0 Å². The van der Waals surface area contributed by atoms with Crippen molar-refractivity contribution in [2.45, 2.75) is 6.92 Å². The molecule has 1 aromatic rings. The number of carbonyl (C=O) groups is 1. The molecular formula is C12H17N3O. The summed E-state index contributed by atoms with van der Waals surface area (Å²) in [4.78, 5) is 17.7. The maximum atomic E-state index is 11.6. The molecule has 0 aliphatic carbocycles. The van der Waals surface area contributed by atoms with E-state index in [1.165, 1.54) is 0 Å². The number of amides is 1. The molecule has 0 atom stereocenters. The Morgan fingerprint density at radius 2 is 2.19 bits per heavy atom. The largest absolute Gasteiger partial charge is 0.363 e. The van der Waals surface area contributed by atoms with E-state index >= 15 is 0 Å². The lowest BCUT2D eigenvalue weighted by atomic mass is 10.2. The summed E-state index contributed by atoms with van der Waals surface area (Å²) in [5.74, 6) is 0.706. The molecule has 0 saturated carbocycles. The minimum absolute atomic E-state index is 0.124. The Hall–Kier alpha value is -1.84. The average Bonchev–Trinajstić information content (AvgIpc) is 2.26. The van der Waals surface area contributed by atoms with Gasteiger partial charge in [0, 0.05) is 26.8 Å². The van der Waals surface area contributed by atoms with E-state index in [0.29, 0.717) is 12.1 Å². The lowest BCUT2D eigenvalue weighted by Crippen LogP contribution is -2.25. The van der Waals surface area contributed by atoms with E-state index in [9.17, 15) is 4.79 Å². The Morgan fingerprint density at radius 1 is 1.50 bits per heavy atom. The topological polar surface area (TPSA) is 45.2 Å². The molecule has 0 fully saturated rings. The van der Waals surface area contributed by atoms with Crippen LogP contribution in [0.15, 0.2) is 30.5 Å². The van der Waals surface area contributed by atoms with Crippen molar-refractivity contribution in [2.75, 3.05) is 25.5 Å². The van der Waals surface area contributed by atoms with Crippen LogP contribution in [0.3, 0.4) is 0 Å². The van der Waals surface area contributed by atoms with E-state index in [1.807, 2.05) is 32.0 Å². The Labute approximate surface area is 96.0 Å². The van der Waals surface area contributed by atoms with E-state index in [1.54, 1.807) is 12.3 Å². The first kappa shape index (κ1) is 12.2. The molecule has 1 aromatic heterocycles. The number of aromatic nitrogens is 1. The summed E-state index contributed by atoms with van der Waals surface area (Å²) >= 11 is 0. The quantitative estimate of drug-likeness (QED) is 0.780. The zero-order valence-electron chi connectivity index (χ0n) is 9.95. The summed E-state index contributed by atoms with van der Waals surface area (Å²) < 4.78 is 0. The summed E-state index contributed by atoms with van der Waals surface area (Å²) in [6.45, 7) is 6.08. The maximum Gasteiger partial charge on any atom is 0.253 e. The minimum atomic E-state index is -0.124. The fourth-order valence-electron chi connectivity index (χ4n) is 1.12. The van der Waals surface area contributed by atoms with Crippen LogP contribution < -0.4 is 10.2 Å². The molecule has 0 saturated heterocycles. The number of nitrogens with zero attached hydrogens (tertiary/aromatic N) is 2. The Morgan fingerprint density at radius 3 is 2.62 bits per heavy atom. The van der Waals surface area contributed by atoms with Crippen LogP contribution in [0.2, 0.25) is 0 Å². The van der Waals surface area contributed by atoms with Gasteiger partial charge in [-0.3, -0.25) is 4.79 Å². The molecule has 0 spiro atoms. The van der Waals surface area contributed by atoms with Crippen molar-refractivity contribution >= 4 is 11.7 Å². The normalized spacial score (nSPS) is 9.69. The molecule has 16 heavy (non-hydrogen) atoms. The predicted octanol–water partition coefficient (Wildman–Crippen LogP) is 1.45. The molecule has 1 N–H and O–H groups in total. The molecule has 0 bridgehead atoms. The predicted molar refractivity (Wildman–Crippen MR) is 65.7 cm³/mol. The summed E-state index contributed by atoms with van der Waals surface area (Å²) in [5.41, 5.74) is 1.48. The second-order valence-corrected chi connectivity index (χ2v) is 3.94. The Kier molecular flexibility index (Phi) is 4.05. The molecule has 1 rings (SSSR count). The minimum Gasteiger partial charge on any atom is -0.363 e. The van der Waals surface area contributed by atoms with Gasteiger partial charge >= 0.3 is 0 Å². The number of carbonyl (C=O) groups excluding carboxylic acids is 1. The van der Waals surface area contributed by atoms with Crippen molar-refractivity contribution in [2.24, 2.45) is 0 Å². The van der Waals surface area contributed by atoms with Crippen LogP contribution in [-0.4, -0.2) is 31.5 Å². The van der Waals surface area contributed by atoms with Gasteiger partial charge in [0.2, 0.25) is 0 Å². The number of rotatable bonds is 4. The third-order valence-electron chi connectivity index (χ3n) is 2.02. The first-order chi connectivity index (χ1) is 7.50. The first-order valence-electron chi connectivity index (χ1n) is 5.06. The number of pyridine rings is 1. The summed E-state index contributed by atoms with van der Waals surface area (Å²) in [7, 11) is 3.81. The Bertz CT molecular complexity index is 382. The molecule has 0 aliphatic heterocycles. The molecule has 1 heterocycles. The van der Waals surface area contributed by atoms with E-state index < -0.39 is 0 Å². The van der Waals surface area contributed by atoms with Crippen LogP contribution in [0, 0.1) is 0 Å². The van der Waals surface area contributed by atoms with Gasteiger partial charge < -0.3 is 10.2 Å². The molecule has 0 aliphatic rings. The number of hydrogen-bond donors (Lipinski definition) is 1. The van der Waals surface area contributed by atoms with Crippen LogP contribution in [-0.2, 0) is 0 Å². The highest BCUT2D eigenvalue weighted by Gasteiger charge is 2.05. The van der Waals surface area contributed by atoms with Gasteiger partial charge in [-0.15, -0.1) is 0 Å². The fraction of sp³-hybridized carbons (Fsp3) is 0.333. The van der Waals surface area contributed by atoms with Gasteiger partial charge in [0.15, 0.2) is 0 Å². The van der Waals surface area contributed by atoms with E-state index in [2.05, 4.69) is 16.9 Å². The molecule has 0 aromatic carbocycles. The molecule has 4 heteroatoms. The smallest absolute Gasteiger partial charge is 0.253 e. The van der Waals surface area contributed by atoms with Crippen LogP contribution >= 0.6 is 0 Å². The van der Waals surface area contributed by atoms with Gasteiger partial charge in [0.1, 0.15) is 5.82 Å². The van der Waals surface area contributed by atoms with Crippen LogP contribution in [0.25, 0.3) is 0 Å². The molecule has 86 valence electrons. The molecule has 0 radical (unpaired) electrons. The number of hydrogen-bond acceptors (Lipinski definition) is 3. The van der Waals surface area contributed by atoms with Gasteiger partial charge in [-0.2, -0.15) is 0 Å². The Balaban J connectivity index is 2.66. The summed E-state index contributed by atoms with van der Waals surface area (Å²) in [6.07, 6.45) is 1.57. The van der Waals surface area contributed by atoms with Crippen molar-refractivity contribution in [3.63, 3.8) is 0 Å². The van der Waals surface area contributed by atoms with Gasteiger partial charge in [0.25, 0.3) is 5.91 Å². The molecular weight excluding hydrogens is 202 g/mol. The van der Waals surface area contributed by atoms with E-state index in [0.717, 1.165) is 11.4 Å². The maximum absolute atomic E-state index is 11.6. The zero-order chi connectivity index (χ0) is 12.1. The second kappa shape index (κ2) is 5.30. The second-order valence-electron chi connectivity index (χ2n) is 3.94. The summed E-state index contributed by atoms with van der Waals surface area (Å²) in [5, 5.41) is 2.75. The SMILES string of the molecule is C=C(C)CNC(=O)c1ccc(N(C)C)nc1. The monoisotopic (exact) mass is 219 g/mol. The van der Waals surface area contributed by atoms with Crippen LogP contribution in [0.5, 0.6) is 0 Å². The zero-order valence-corrected chi connectivity index (χ0v) is 9.95. The highest BCUT2D eigenvalue weighted by molar-refractivity contribution is 5.94. The lowest BCUT2D eigenvalue weighted by Gasteiger charge is -2.11. The highest BCUT2D eigenvalue weighted by Crippen LogP contribution is 2.07. The fourth-order valence-corrected chi connectivity index (χ4v) is 1.12. The van der Waals surface area contributed by atoms with Crippen molar-refractivity contribution in [1.29, 1.82) is 0 Å². The van der Waals surface area contributed by atoms with Gasteiger partial charge in [-0.1, -0.05) is 12.2 Å². The van der Waals surface area contributed by atoms with Crippen molar-refractivity contribution in [1.82, 2.24) is 10.3 Å². The lowest BCUT2D eigenvalue weighted by molar-refractivity contribution is 0.0956. The van der Waals surface area contributed by atoms with Crippen molar-refractivity contribution < 1.29 is 4.79 Å². The average molecular weight is 219 g/mol. The highest BCUT2D eigenvalue weighted by atomic mass is 16.1.